The van der Waals surface area contributed by atoms with Gasteiger partial charge in [-0.3, -0.25) is 25.1 Å². The van der Waals surface area contributed by atoms with Gasteiger partial charge in [0, 0.05) is 18.3 Å². The summed E-state index contributed by atoms with van der Waals surface area (Å²) in [6.45, 7) is 5.53. The third kappa shape index (κ3) is 3.53. The summed E-state index contributed by atoms with van der Waals surface area (Å²) in [5.74, 6) is -1.21. The van der Waals surface area contributed by atoms with Crippen molar-refractivity contribution >= 4 is 23.4 Å². The first-order valence-corrected chi connectivity index (χ1v) is 7.55. The molecule has 122 valence electrons. The van der Waals surface area contributed by atoms with E-state index in [9.17, 15) is 9.59 Å². The molecule has 0 fully saturated rings. The molecule has 2 rings (SSSR count). The van der Waals surface area contributed by atoms with Crippen molar-refractivity contribution in [2.75, 3.05) is 0 Å². The molecule has 1 aromatic carbocycles. The normalized spacial score (nSPS) is 11.9. The minimum absolute atomic E-state index is 0.302. The van der Waals surface area contributed by atoms with E-state index in [1.807, 2.05) is 20.9 Å². The van der Waals surface area contributed by atoms with Crippen LogP contribution in [0.2, 0.25) is 5.02 Å². The molecule has 0 aliphatic heterocycles. The van der Waals surface area contributed by atoms with E-state index in [1.165, 1.54) is 0 Å². The highest BCUT2D eigenvalue weighted by Crippen LogP contribution is 2.22. The van der Waals surface area contributed by atoms with Crippen molar-refractivity contribution in [2.24, 2.45) is 7.05 Å². The Hall–Kier alpha value is -2.34. The second kappa shape index (κ2) is 6.83. The molecular weight excluding hydrogens is 316 g/mol. The Morgan fingerprint density at radius 1 is 1.22 bits per heavy atom. The van der Waals surface area contributed by atoms with E-state index >= 15 is 0 Å². The van der Waals surface area contributed by atoms with Gasteiger partial charge in [-0.05, 0) is 32.9 Å². The molecule has 23 heavy (non-hydrogen) atoms. The zero-order valence-electron chi connectivity index (χ0n) is 13.5. The minimum Gasteiger partial charge on any atom is -0.273 e. The summed E-state index contributed by atoms with van der Waals surface area (Å²) in [5.41, 5.74) is 7.70. The summed E-state index contributed by atoms with van der Waals surface area (Å²) < 4.78 is 1.73. The fourth-order valence-electron chi connectivity index (χ4n) is 2.49. The summed E-state index contributed by atoms with van der Waals surface area (Å²) in [6.07, 6.45) is 0. The van der Waals surface area contributed by atoms with E-state index in [0.29, 0.717) is 10.6 Å². The van der Waals surface area contributed by atoms with Crippen LogP contribution in [0.15, 0.2) is 24.3 Å². The van der Waals surface area contributed by atoms with Crippen molar-refractivity contribution < 1.29 is 9.59 Å². The van der Waals surface area contributed by atoms with Gasteiger partial charge in [-0.2, -0.15) is 5.10 Å². The van der Waals surface area contributed by atoms with Crippen LogP contribution in [0, 0.1) is 13.8 Å². The number of carbonyl (C=O) groups is 2. The number of aromatic nitrogens is 2. The molecule has 6 nitrogen and oxygen atoms in total. The Labute approximate surface area is 139 Å². The van der Waals surface area contributed by atoms with Gasteiger partial charge in [0.05, 0.1) is 22.2 Å². The fourth-order valence-corrected chi connectivity index (χ4v) is 2.71. The molecule has 0 saturated carbocycles. The number of aryl methyl sites for hydroxylation is 2. The lowest BCUT2D eigenvalue weighted by molar-refractivity contribution is -0.123. The molecule has 0 aliphatic rings. The average molecular weight is 335 g/mol. The SMILES string of the molecule is Cc1nn(C)c(C)c1[C@@H](C)C(=O)NNC(=O)c1ccccc1Cl. The van der Waals surface area contributed by atoms with Crippen LogP contribution in [0.5, 0.6) is 0 Å². The number of carbonyl (C=O) groups excluding carboxylic acids is 2. The van der Waals surface area contributed by atoms with Gasteiger partial charge in [-0.25, -0.2) is 0 Å². The topological polar surface area (TPSA) is 76.0 Å². The van der Waals surface area contributed by atoms with Crippen molar-refractivity contribution in [1.82, 2.24) is 20.6 Å². The number of hydrazine groups is 1. The van der Waals surface area contributed by atoms with Crippen molar-refractivity contribution in [2.45, 2.75) is 26.7 Å². The van der Waals surface area contributed by atoms with Gasteiger partial charge in [0.25, 0.3) is 5.91 Å². The van der Waals surface area contributed by atoms with Gasteiger partial charge in [0.1, 0.15) is 0 Å². The summed E-state index contributed by atoms with van der Waals surface area (Å²) in [6, 6.07) is 6.63. The second-order valence-corrected chi connectivity index (χ2v) is 5.76. The number of amides is 2. The molecule has 1 heterocycles. The molecule has 0 spiro atoms. The predicted octanol–water partition coefficient (Wildman–Crippen LogP) is 2.26. The van der Waals surface area contributed by atoms with Crippen LogP contribution in [0.1, 0.15) is 40.2 Å². The first-order chi connectivity index (χ1) is 10.8. The average Bonchev–Trinajstić information content (AvgIpc) is 2.77. The summed E-state index contributed by atoms with van der Waals surface area (Å²) in [4.78, 5) is 24.3. The van der Waals surface area contributed by atoms with Crippen molar-refractivity contribution in [3.63, 3.8) is 0 Å². The van der Waals surface area contributed by atoms with Gasteiger partial charge in [0.15, 0.2) is 0 Å². The molecule has 1 aromatic heterocycles. The van der Waals surface area contributed by atoms with Crippen LogP contribution in [-0.4, -0.2) is 21.6 Å². The first kappa shape index (κ1) is 17.0. The minimum atomic E-state index is -0.462. The van der Waals surface area contributed by atoms with Crippen LogP contribution in [0.4, 0.5) is 0 Å². The molecule has 0 radical (unpaired) electrons. The van der Waals surface area contributed by atoms with Crippen LogP contribution in [0.3, 0.4) is 0 Å². The van der Waals surface area contributed by atoms with E-state index in [-0.39, 0.29) is 5.91 Å². The Morgan fingerprint density at radius 3 is 2.43 bits per heavy atom. The van der Waals surface area contributed by atoms with Gasteiger partial charge in [-0.15, -0.1) is 0 Å². The number of hydrogen-bond donors (Lipinski definition) is 2. The lowest BCUT2D eigenvalue weighted by atomic mass is 9.98. The van der Waals surface area contributed by atoms with Gasteiger partial charge in [0.2, 0.25) is 5.91 Å². The van der Waals surface area contributed by atoms with E-state index in [1.54, 1.807) is 35.9 Å². The molecule has 0 unspecified atom stereocenters. The van der Waals surface area contributed by atoms with Crippen LogP contribution in [-0.2, 0) is 11.8 Å². The molecule has 0 aliphatic carbocycles. The number of nitrogens with one attached hydrogen (secondary N) is 2. The van der Waals surface area contributed by atoms with E-state index in [4.69, 9.17) is 11.6 Å². The zero-order valence-corrected chi connectivity index (χ0v) is 14.2. The Kier molecular flexibility index (Phi) is 5.05. The van der Waals surface area contributed by atoms with Crippen molar-refractivity contribution in [3.05, 3.63) is 51.8 Å². The fraction of sp³-hybridized carbons (Fsp3) is 0.312. The zero-order chi connectivity index (χ0) is 17.1. The smallest absolute Gasteiger partial charge is 0.271 e. The Morgan fingerprint density at radius 2 is 1.87 bits per heavy atom. The molecule has 0 bridgehead atoms. The quantitative estimate of drug-likeness (QED) is 0.845. The third-order valence-electron chi connectivity index (χ3n) is 3.81. The lowest BCUT2D eigenvalue weighted by Crippen LogP contribution is -2.43. The van der Waals surface area contributed by atoms with Crippen LogP contribution in [0.25, 0.3) is 0 Å². The highest BCUT2D eigenvalue weighted by atomic mass is 35.5. The number of hydrogen-bond acceptors (Lipinski definition) is 3. The molecule has 7 heteroatoms. The molecule has 1 atom stereocenters. The highest BCUT2D eigenvalue weighted by molar-refractivity contribution is 6.33. The Balaban J connectivity index is 2.05. The number of benzene rings is 1. The number of rotatable bonds is 3. The van der Waals surface area contributed by atoms with Crippen molar-refractivity contribution in [3.8, 4) is 0 Å². The van der Waals surface area contributed by atoms with Gasteiger partial charge >= 0.3 is 0 Å². The van der Waals surface area contributed by atoms with E-state index in [0.717, 1.165) is 17.0 Å². The highest BCUT2D eigenvalue weighted by Gasteiger charge is 2.23. The predicted molar refractivity (Wildman–Crippen MR) is 88.2 cm³/mol. The first-order valence-electron chi connectivity index (χ1n) is 7.17. The molecule has 2 aromatic rings. The lowest BCUT2D eigenvalue weighted by Gasteiger charge is -2.14. The number of halogens is 1. The molecule has 2 N–H and O–H groups in total. The molecular formula is C16H19ClN4O2. The van der Waals surface area contributed by atoms with E-state index in [2.05, 4.69) is 16.0 Å². The standard InChI is InChI=1S/C16H19ClN4O2/c1-9(14-10(2)20-21(4)11(14)3)15(22)18-19-16(23)12-7-5-6-8-13(12)17/h5-9H,1-4H3,(H,18,22)(H,19,23)/t9-/m1/s1. The molecule has 2 amide bonds. The third-order valence-corrected chi connectivity index (χ3v) is 4.14. The summed E-state index contributed by atoms with van der Waals surface area (Å²) in [7, 11) is 1.83. The summed E-state index contributed by atoms with van der Waals surface area (Å²) in [5, 5.41) is 4.63. The largest absolute Gasteiger partial charge is 0.273 e. The van der Waals surface area contributed by atoms with E-state index < -0.39 is 11.8 Å². The van der Waals surface area contributed by atoms with Gasteiger partial charge < -0.3 is 0 Å². The maximum atomic E-state index is 12.3. The Bertz CT molecular complexity index is 755. The maximum absolute atomic E-state index is 12.3. The van der Waals surface area contributed by atoms with Crippen LogP contribution < -0.4 is 10.9 Å². The van der Waals surface area contributed by atoms with Crippen LogP contribution >= 0.6 is 11.6 Å². The van der Waals surface area contributed by atoms with Gasteiger partial charge in [-0.1, -0.05) is 23.7 Å². The maximum Gasteiger partial charge on any atom is 0.271 e. The number of nitrogens with zero attached hydrogens (tertiary/aromatic N) is 2. The summed E-state index contributed by atoms with van der Waals surface area (Å²) >= 11 is 5.95. The molecule has 0 saturated heterocycles. The van der Waals surface area contributed by atoms with Crippen molar-refractivity contribution in [1.29, 1.82) is 0 Å². The second-order valence-electron chi connectivity index (χ2n) is 5.35. The monoisotopic (exact) mass is 334 g/mol.